The lowest BCUT2D eigenvalue weighted by Crippen LogP contribution is -2.67. The molecule has 0 radical (unpaired) electrons. The van der Waals surface area contributed by atoms with Gasteiger partial charge in [0.05, 0.1) is 6.61 Å². The third-order valence-corrected chi connectivity index (χ3v) is 3.15. The molecule has 16 heavy (non-hydrogen) atoms. The van der Waals surface area contributed by atoms with Crippen molar-refractivity contribution in [3.63, 3.8) is 0 Å². The maximum Gasteiger partial charge on any atom is 0.305 e. The highest BCUT2D eigenvalue weighted by Crippen LogP contribution is 2.35. The van der Waals surface area contributed by atoms with E-state index in [1.807, 2.05) is 0 Å². The number of carbonyl (C=O) groups excluding carboxylic acids is 1. The smallest absolute Gasteiger partial charge is 0.305 e. The molecule has 1 rings (SSSR count). The van der Waals surface area contributed by atoms with E-state index in [-0.39, 0.29) is 0 Å². The van der Waals surface area contributed by atoms with Crippen LogP contribution in [0.1, 0.15) is 6.92 Å². The van der Waals surface area contributed by atoms with Gasteiger partial charge < -0.3 is 30.5 Å². The van der Waals surface area contributed by atoms with Crippen LogP contribution in [-0.4, -0.2) is 56.9 Å². The molecule has 1 heterocycles. The fraction of sp³-hybridized carbons (Fsp3) is 0.875. The minimum atomic E-state index is -1.75. The number of hydrogen-bond donors (Lipinski definition) is 4. The van der Waals surface area contributed by atoms with Gasteiger partial charge in [-0.25, -0.2) is 0 Å². The van der Waals surface area contributed by atoms with Crippen LogP contribution in [-0.2, 0) is 14.3 Å². The molecule has 0 aromatic carbocycles. The highest BCUT2D eigenvalue weighted by molar-refractivity contribution is 9.10. The van der Waals surface area contributed by atoms with E-state index >= 15 is 0 Å². The van der Waals surface area contributed by atoms with Crippen LogP contribution in [0.4, 0.5) is 0 Å². The van der Waals surface area contributed by atoms with Gasteiger partial charge in [-0.2, -0.15) is 0 Å². The van der Waals surface area contributed by atoms with Crippen molar-refractivity contribution in [1.82, 2.24) is 0 Å². The number of esters is 1. The highest BCUT2D eigenvalue weighted by atomic mass is 79.9. The molecule has 0 saturated carbocycles. The van der Waals surface area contributed by atoms with E-state index in [0.717, 1.165) is 6.92 Å². The van der Waals surface area contributed by atoms with Gasteiger partial charge in [0.2, 0.25) is 0 Å². The Kier molecular flexibility index (Phi) is 4.27. The van der Waals surface area contributed by atoms with Gasteiger partial charge in [-0.05, 0) is 15.9 Å². The number of aliphatic hydroxyl groups excluding tert-OH is 3. The molecule has 7 nitrogen and oxygen atoms in total. The van der Waals surface area contributed by atoms with E-state index in [0.29, 0.717) is 0 Å². The number of halogens is 1. The molecular formula is C8H14BrNO6. The van der Waals surface area contributed by atoms with Gasteiger partial charge in [-0.1, -0.05) is 0 Å². The molecule has 1 aliphatic rings. The summed E-state index contributed by atoms with van der Waals surface area (Å²) in [6.07, 6.45) is -3.82. The molecule has 1 aliphatic heterocycles. The van der Waals surface area contributed by atoms with Crippen molar-refractivity contribution >= 4 is 21.9 Å². The molecule has 0 spiro atoms. The van der Waals surface area contributed by atoms with Crippen LogP contribution in [0.3, 0.4) is 0 Å². The number of nitrogens with two attached hydrogens (primary N) is 1. The Morgan fingerprint density at radius 1 is 1.56 bits per heavy atom. The summed E-state index contributed by atoms with van der Waals surface area (Å²) in [5.41, 5.74) is 5.57. The van der Waals surface area contributed by atoms with Crippen LogP contribution < -0.4 is 5.73 Å². The molecule has 5 N–H and O–H groups in total. The van der Waals surface area contributed by atoms with E-state index in [1.54, 1.807) is 0 Å². The Balaban J connectivity index is 2.89. The second kappa shape index (κ2) is 4.94. The van der Waals surface area contributed by atoms with Crippen LogP contribution in [0.2, 0.25) is 0 Å². The van der Waals surface area contributed by atoms with Crippen molar-refractivity contribution < 1.29 is 29.6 Å². The second-order valence-corrected chi connectivity index (χ2v) is 4.63. The Bertz CT molecular complexity index is 275. The summed E-state index contributed by atoms with van der Waals surface area (Å²) < 4.78 is 8.16. The first-order valence-corrected chi connectivity index (χ1v) is 5.40. The molecule has 1 saturated heterocycles. The fourth-order valence-corrected chi connectivity index (χ4v) is 2.16. The van der Waals surface area contributed by atoms with Crippen LogP contribution in [0.5, 0.6) is 0 Å². The zero-order chi connectivity index (χ0) is 12.5. The van der Waals surface area contributed by atoms with Crippen molar-refractivity contribution in [1.29, 1.82) is 0 Å². The zero-order valence-corrected chi connectivity index (χ0v) is 10.1. The molecule has 0 aliphatic carbocycles. The van der Waals surface area contributed by atoms with E-state index in [4.69, 9.17) is 20.3 Å². The average Bonchev–Trinajstić information content (AvgIpc) is 2.20. The molecule has 0 bridgehead atoms. The molecule has 0 aromatic heterocycles. The first-order valence-electron chi connectivity index (χ1n) is 4.60. The molecule has 8 heteroatoms. The summed E-state index contributed by atoms with van der Waals surface area (Å²) >= 11 is 2.94. The quantitative estimate of drug-likeness (QED) is 0.345. The Morgan fingerprint density at radius 2 is 2.12 bits per heavy atom. The van der Waals surface area contributed by atoms with Crippen LogP contribution in [0, 0.1) is 0 Å². The lowest BCUT2D eigenvalue weighted by Gasteiger charge is -2.44. The van der Waals surface area contributed by atoms with Gasteiger partial charge in [-0.15, -0.1) is 0 Å². The van der Waals surface area contributed by atoms with Crippen molar-refractivity contribution in [3.05, 3.63) is 0 Å². The molecule has 0 aromatic rings. The predicted octanol–water partition coefficient (Wildman–Crippen LogP) is -1.96. The van der Waals surface area contributed by atoms with Gasteiger partial charge in [0.15, 0.2) is 0 Å². The number of hydrogen-bond acceptors (Lipinski definition) is 7. The van der Waals surface area contributed by atoms with Gasteiger partial charge in [0.25, 0.3) is 4.70 Å². The topological polar surface area (TPSA) is 122 Å². The third-order valence-electron chi connectivity index (χ3n) is 2.27. The first kappa shape index (κ1) is 13.8. The van der Waals surface area contributed by atoms with Crippen LogP contribution >= 0.6 is 15.9 Å². The number of carbonyl (C=O) groups is 1. The van der Waals surface area contributed by atoms with Crippen LogP contribution in [0.25, 0.3) is 0 Å². The van der Waals surface area contributed by atoms with Crippen molar-refractivity contribution in [2.24, 2.45) is 5.73 Å². The summed E-state index contributed by atoms with van der Waals surface area (Å²) in [6, 6.07) is -1.17. The SMILES string of the molecule is CC(=O)OC1(Br)O[C@H](CO)[C@H](O)[C@H](O)[C@H]1N. The second-order valence-electron chi connectivity index (χ2n) is 3.52. The van der Waals surface area contributed by atoms with Gasteiger partial charge in [0, 0.05) is 6.92 Å². The fourth-order valence-electron chi connectivity index (χ4n) is 1.42. The number of rotatable bonds is 2. The van der Waals surface area contributed by atoms with Crippen molar-refractivity contribution in [3.8, 4) is 0 Å². The summed E-state index contributed by atoms with van der Waals surface area (Å²) in [6.45, 7) is 0.601. The average molecular weight is 300 g/mol. The number of alkyl halides is 1. The Morgan fingerprint density at radius 3 is 2.56 bits per heavy atom. The van der Waals surface area contributed by atoms with Crippen LogP contribution in [0.15, 0.2) is 0 Å². The van der Waals surface area contributed by atoms with Gasteiger partial charge >= 0.3 is 5.97 Å². The minimum absolute atomic E-state index is 0.542. The van der Waals surface area contributed by atoms with E-state index < -0.39 is 41.6 Å². The molecule has 5 atom stereocenters. The number of aliphatic hydroxyl groups is 3. The normalized spacial score (nSPS) is 44.1. The molecule has 94 valence electrons. The van der Waals surface area contributed by atoms with E-state index in [1.165, 1.54) is 0 Å². The largest absolute Gasteiger partial charge is 0.421 e. The first-order chi connectivity index (χ1) is 7.31. The molecular weight excluding hydrogens is 286 g/mol. The maximum atomic E-state index is 10.9. The van der Waals surface area contributed by atoms with E-state index in [9.17, 15) is 15.0 Å². The zero-order valence-electron chi connectivity index (χ0n) is 8.54. The monoisotopic (exact) mass is 299 g/mol. The van der Waals surface area contributed by atoms with Gasteiger partial charge in [0.1, 0.15) is 24.4 Å². The Hall–Kier alpha value is -0.250. The van der Waals surface area contributed by atoms with Crippen molar-refractivity contribution in [2.45, 2.75) is 36.0 Å². The summed E-state index contributed by atoms with van der Waals surface area (Å²) in [4.78, 5) is 10.9. The molecule has 1 unspecified atom stereocenters. The van der Waals surface area contributed by atoms with Gasteiger partial charge in [-0.3, -0.25) is 4.79 Å². The maximum absolute atomic E-state index is 10.9. The number of ether oxygens (including phenoxy) is 2. The lowest BCUT2D eigenvalue weighted by molar-refractivity contribution is -0.272. The lowest BCUT2D eigenvalue weighted by atomic mass is 9.98. The highest BCUT2D eigenvalue weighted by Gasteiger charge is 2.53. The molecule has 1 fully saturated rings. The van der Waals surface area contributed by atoms with Crippen molar-refractivity contribution in [2.75, 3.05) is 6.61 Å². The summed E-state index contributed by atoms with van der Waals surface area (Å²) in [5, 5.41) is 28.0. The Labute approximate surface area is 100 Å². The standard InChI is InChI=1S/C8H14BrNO6/c1-3(12)15-8(9)7(10)6(14)5(13)4(2-11)16-8/h4-7,11,13-14H,2,10H2,1H3/t4-,5+,6+,7-,8?/m1/s1. The minimum Gasteiger partial charge on any atom is -0.421 e. The predicted molar refractivity (Wildman–Crippen MR) is 55.4 cm³/mol. The van der Waals surface area contributed by atoms with E-state index in [2.05, 4.69) is 15.9 Å². The third kappa shape index (κ3) is 2.53. The summed E-state index contributed by atoms with van der Waals surface area (Å²) in [5.74, 6) is -0.674. The summed E-state index contributed by atoms with van der Waals surface area (Å²) in [7, 11) is 0. The molecule has 0 amide bonds.